The highest BCUT2D eigenvalue weighted by Crippen LogP contribution is 2.25. The Hall–Kier alpha value is -1.47. The summed E-state index contributed by atoms with van der Waals surface area (Å²) in [5.41, 5.74) is 0. The Morgan fingerprint density at radius 1 is 1.44 bits per heavy atom. The first kappa shape index (κ1) is 14.6. The average molecular weight is 269 g/mol. The maximum atomic E-state index is 11.9. The fourth-order valence-corrected chi connectivity index (χ4v) is 2.00. The predicted octanol–water partition coefficient (Wildman–Crippen LogP) is 1.87. The Morgan fingerprint density at radius 3 is 2.56 bits per heavy atom. The number of nitrogens with zero attached hydrogens (tertiary/aromatic N) is 1. The molecule has 0 aromatic rings. The molecule has 0 bridgehead atoms. The molecule has 2 unspecified atom stereocenters. The fraction of sp³-hybridized carbons (Fsp3) is 0.800. The number of carboxylic acid groups (broad SMARTS) is 1. The van der Waals surface area contributed by atoms with E-state index in [9.17, 15) is 22.8 Å². The summed E-state index contributed by atoms with van der Waals surface area (Å²) >= 11 is 0. The quantitative estimate of drug-likeness (QED) is 0.831. The van der Waals surface area contributed by atoms with Gasteiger partial charge in [-0.1, -0.05) is 6.92 Å². The maximum Gasteiger partial charge on any atom is 0.422 e. The van der Waals surface area contributed by atoms with E-state index in [-0.39, 0.29) is 12.5 Å². The third-order valence-corrected chi connectivity index (χ3v) is 2.78. The molecule has 0 spiro atoms. The van der Waals surface area contributed by atoms with Gasteiger partial charge in [-0.3, -0.25) is 4.90 Å². The van der Waals surface area contributed by atoms with Gasteiger partial charge < -0.3 is 9.84 Å². The lowest BCUT2D eigenvalue weighted by Gasteiger charge is -2.36. The van der Waals surface area contributed by atoms with Gasteiger partial charge in [0.25, 0.3) is 0 Å². The number of alkyl halides is 3. The van der Waals surface area contributed by atoms with Gasteiger partial charge in [0.15, 0.2) is 6.61 Å². The van der Waals surface area contributed by atoms with Gasteiger partial charge in [0.1, 0.15) is 6.04 Å². The number of likely N-dealkylation sites (tertiary alicyclic amines) is 1. The molecule has 2 atom stereocenters. The maximum absolute atomic E-state index is 11.9. The number of aliphatic carboxylic acids is 1. The molecule has 1 N–H and O–H groups in total. The van der Waals surface area contributed by atoms with Gasteiger partial charge in [0.2, 0.25) is 0 Å². The van der Waals surface area contributed by atoms with Gasteiger partial charge in [-0.05, 0) is 18.8 Å². The highest BCUT2D eigenvalue weighted by atomic mass is 19.4. The van der Waals surface area contributed by atoms with Crippen molar-refractivity contribution in [2.24, 2.45) is 5.92 Å². The van der Waals surface area contributed by atoms with Crippen LogP contribution in [0.4, 0.5) is 18.0 Å². The number of rotatable bonds is 2. The van der Waals surface area contributed by atoms with Crippen molar-refractivity contribution in [2.45, 2.75) is 32.0 Å². The molecular formula is C10H14F3NO4. The Balaban J connectivity index is 2.67. The number of carbonyl (C=O) groups is 2. The Labute approximate surface area is 102 Å². The molecule has 1 heterocycles. The number of piperidine rings is 1. The number of ether oxygens (including phenoxy) is 1. The summed E-state index contributed by atoms with van der Waals surface area (Å²) < 4.78 is 39.8. The zero-order chi connectivity index (χ0) is 13.9. The second-order valence-corrected chi connectivity index (χ2v) is 4.27. The molecule has 8 heteroatoms. The van der Waals surface area contributed by atoms with E-state index in [2.05, 4.69) is 4.74 Å². The predicted molar refractivity (Wildman–Crippen MR) is 53.9 cm³/mol. The third-order valence-electron chi connectivity index (χ3n) is 2.78. The number of hydrogen-bond donors (Lipinski definition) is 1. The molecule has 18 heavy (non-hydrogen) atoms. The molecule has 5 nitrogen and oxygen atoms in total. The molecule has 1 aliphatic rings. The van der Waals surface area contributed by atoms with Crippen molar-refractivity contribution in [3.8, 4) is 0 Å². The van der Waals surface area contributed by atoms with E-state index in [1.54, 1.807) is 6.92 Å². The van der Waals surface area contributed by atoms with Crippen molar-refractivity contribution in [1.82, 2.24) is 4.90 Å². The first-order valence-electron chi connectivity index (χ1n) is 5.45. The van der Waals surface area contributed by atoms with Crippen LogP contribution in [0, 0.1) is 5.92 Å². The van der Waals surface area contributed by atoms with Crippen LogP contribution in [0.1, 0.15) is 19.8 Å². The van der Waals surface area contributed by atoms with E-state index in [4.69, 9.17) is 5.11 Å². The lowest BCUT2D eigenvalue weighted by molar-refractivity contribution is -0.164. The largest absolute Gasteiger partial charge is 0.480 e. The topological polar surface area (TPSA) is 66.8 Å². The monoisotopic (exact) mass is 269 g/mol. The van der Waals surface area contributed by atoms with E-state index >= 15 is 0 Å². The highest BCUT2D eigenvalue weighted by molar-refractivity contribution is 5.80. The minimum Gasteiger partial charge on any atom is -0.480 e. The van der Waals surface area contributed by atoms with Crippen molar-refractivity contribution < 1.29 is 32.6 Å². The molecule has 1 amide bonds. The van der Waals surface area contributed by atoms with Gasteiger partial charge in [0, 0.05) is 6.54 Å². The van der Waals surface area contributed by atoms with Crippen LogP contribution >= 0.6 is 0 Å². The molecule has 104 valence electrons. The van der Waals surface area contributed by atoms with Gasteiger partial charge in [-0.2, -0.15) is 13.2 Å². The van der Waals surface area contributed by atoms with Gasteiger partial charge in [0.05, 0.1) is 0 Å². The van der Waals surface area contributed by atoms with Crippen molar-refractivity contribution in [1.29, 1.82) is 0 Å². The molecule has 0 aromatic carbocycles. The molecule has 1 rings (SSSR count). The Bertz CT molecular complexity index is 332. The number of carbonyl (C=O) groups excluding carboxylic acids is 1. The first-order valence-corrected chi connectivity index (χ1v) is 5.45. The van der Waals surface area contributed by atoms with Crippen LogP contribution in [0.25, 0.3) is 0 Å². The Morgan fingerprint density at radius 2 is 2.06 bits per heavy atom. The number of hydrogen-bond acceptors (Lipinski definition) is 3. The number of amides is 1. The van der Waals surface area contributed by atoms with Crippen LogP contribution in [0.3, 0.4) is 0 Å². The fourth-order valence-electron chi connectivity index (χ4n) is 2.00. The molecule has 0 radical (unpaired) electrons. The zero-order valence-electron chi connectivity index (χ0n) is 9.74. The molecule has 0 saturated carbocycles. The van der Waals surface area contributed by atoms with Gasteiger partial charge in [-0.15, -0.1) is 0 Å². The molecule has 1 aliphatic heterocycles. The second kappa shape index (κ2) is 5.45. The summed E-state index contributed by atoms with van der Waals surface area (Å²) in [6.07, 6.45) is -4.69. The van der Waals surface area contributed by atoms with E-state index in [0.717, 1.165) is 4.90 Å². The minimum atomic E-state index is -4.62. The van der Waals surface area contributed by atoms with Crippen LogP contribution in [-0.4, -0.2) is 47.4 Å². The standard InChI is InChI=1S/C10H14F3NO4/c1-6-3-2-4-14(7(6)8(15)16)9(17)18-5-10(11,12)13/h6-7H,2-5H2,1H3,(H,15,16). The number of carboxylic acids is 1. The van der Waals surface area contributed by atoms with Crippen molar-refractivity contribution in [3.05, 3.63) is 0 Å². The van der Waals surface area contributed by atoms with Crippen LogP contribution in [0.5, 0.6) is 0 Å². The van der Waals surface area contributed by atoms with Crippen LogP contribution in [-0.2, 0) is 9.53 Å². The smallest absolute Gasteiger partial charge is 0.422 e. The summed E-state index contributed by atoms with van der Waals surface area (Å²) in [7, 11) is 0. The molecular weight excluding hydrogens is 255 g/mol. The highest BCUT2D eigenvalue weighted by Gasteiger charge is 2.39. The van der Waals surface area contributed by atoms with Crippen molar-refractivity contribution in [3.63, 3.8) is 0 Å². The van der Waals surface area contributed by atoms with E-state index in [0.29, 0.717) is 12.8 Å². The molecule has 1 fully saturated rings. The van der Waals surface area contributed by atoms with E-state index in [1.807, 2.05) is 0 Å². The van der Waals surface area contributed by atoms with E-state index < -0.39 is 30.9 Å². The third kappa shape index (κ3) is 3.78. The van der Waals surface area contributed by atoms with Crippen molar-refractivity contribution in [2.75, 3.05) is 13.2 Å². The van der Waals surface area contributed by atoms with Crippen LogP contribution < -0.4 is 0 Å². The van der Waals surface area contributed by atoms with Crippen LogP contribution in [0.2, 0.25) is 0 Å². The van der Waals surface area contributed by atoms with Gasteiger partial charge in [-0.25, -0.2) is 9.59 Å². The van der Waals surface area contributed by atoms with Gasteiger partial charge >= 0.3 is 18.2 Å². The zero-order valence-corrected chi connectivity index (χ0v) is 9.74. The lowest BCUT2D eigenvalue weighted by atomic mass is 9.91. The number of halogens is 3. The minimum absolute atomic E-state index is 0.0952. The summed E-state index contributed by atoms with van der Waals surface area (Å²) in [5, 5.41) is 8.98. The molecule has 1 saturated heterocycles. The summed E-state index contributed by atoms with van der Waals surface area (Å²) in [6, 6.07) is -1.13. The lowest BCUT2D eigenvalue weighted by Crippen LogP contribution is -2.52. The summed E-state index contributed by atoms with van der Waals surface area (Å²) in [4.78, 5) is 23.3. The molecule has 0 aliphatic carbocycles. The summed E-state index contributed by atoms with van der Waals surface area (Å²) in [6.45, 7) is 0.0308. The van der Waals surface area contributed by atoms with E-state index in [1.165, 1.54) is 0 Å². The normalized spacial score (nSPS) is 24.8. The first-order chi connectivity index (χ1) is 8.22. The van der Waals surface area contributed by atoms with Crippen molar-refractivity contribution >= 4 is 12.1 Å². The summed E-state index contributed by atoms with van der Waals surface area (Å²) in [5.74, 6) is -1.54. The average Bonchev–Trinajstić information content (AvgIpc) is 2.24. The second-order valence-electron chi connectivity index (χ2n) is 4.27. The SMILES string of the molecule is CC1CCCN(C(=O)OCC(F)(F)F)C1C(=O)O. The Kier molecular flexibility index (Phi) is 4.42. The van der Waals surface area contributed by atoms with Crippen LogP contribution in [0.15, 0.2) is 0 Å². The molecule has 0 aromatic heterocycles.